The Morgan fingerprint density at radius 3 is 1.05 bits per heavy atom. The summed E-state index contributed by atoms with van der Waals surface area (Å²) in [5, 5.41) is 2.43. The molecule has 0 saturated carbocycles. The Kier molecular flexibility index (Phi) is 12.5. The zero-order chi connectivity index (χ0) is 40.5. The summed E-state index contributed by atoms with van der Waals surface area (Å²) in [6.45, 7) is 18.3. The maximum Gasteiger partial charge on any atom is 1.00 e. The van der Waals surface area contributed by atoms with E-state index in [0.29, 0.717) is 23.7 Å². The van der Waals surface area contributed by atoms with Gasteiger partial charge in [-0.05, 0) is 78.0 Å². The van der Waals surface area contributed by atoms with Gasteiger partial charge in [0.15, 0.2) is 0 Å². The molecule has 1 aliphatic heterocycles. The molecule has 0 amide bonds. The van der Waals surface area contributed by atoms with Gasteiger partial charge < -0.3 is 4.98 Å². The first-order chi connectivity index (χ1) is 28.1. The molecule has 0 N–H and O–H groups in total. The summed E-state index contributed by atoms with van der Waals surface area (Å²) in [5.41, 5.74) is 17.5. The van der Waals surface area contributed by atoms with E-state index < -0.39 is 0 Å². The Labute approximate surface area is 366 Å². The second-order valence-electron chi connectivity index (χ2n) is 16.8. The molecule has 3 nitrogen and oxygen atoms in total. The molecular formula is C55H54AuN3+2. The normalized spacial score (nSPS) is 12.1. The van der Waals surface area contributed by atoms with Crippen molar-refractivity contribution in [3.63, 3.8) is 0 Å². The molecule has 0 aliphatic carbocycles. The Hall–Kier alpha value is -5.54. The fourth-order valence-corrected chi connectivity index (χ4v) is 8.38. The summed E-state index contributed by atoms with van der Waals surface area (Å²) >= 11 is 0. The third-order valence-electron chi connectivity index (χ3n) is 11.4. The number of hydrogen-bond acceptors (Lipinski definition) is 0. The monoisotopic (exact) mass is 953 g/mol. The minimum absolute atomic E-state index is 0. The van der Waals surface area contributed by atoms with Gasteiger partial charge in [0.1, 0.15) is 0 Å². The number of nitrogens with zero attached hydrogens (tertiary/aromatic N) is 3. The van der Waals surface area contributed by atoms with Gasteiger partial charge in [0.05, 0.1) is 0 Å². The molecule has 2 heterocycles. The van der Waals surface area contributed by atoms with Gasteiger partial charge >= 0.3 is 28.4 Å². The Morgan fingerprint density at radius 2 is 0.712 bits per heavy atom. The fourth-order valence-electron chi connectivity index (χ4n) is 8.38. The van der Waals surface area contributed by atoms with Crippen LogP contribution in [0.3, 0.4) is 0 Å². The third-order valence-corrected chi connectivity index (χ3v) is 11.4. The predicted molar refractivity (Wildman–Crippen MR) is 249 cm³/mol. The van der Waals surface area contributed by atoms with Gasteiger partial charge in [0, 0.05) is 34.4 Å². The summed E-state index contributed by atoms with van der Waals surface area (Å²) in [4.78, 5) is 4.78. The van der Waals surface area contributed by atoms with Crippen LogP contribution in [0.2, 0.25) is 0 Å². The average Bonchev–Trinajstić information content (AvgIpc) is 3.81. The van der Waals surface area contributed by atoms with Crippen LogP contribution < -0.4 is 14.1 Å². The van der Waals surface area contributed by atoms with Crippen LogP contribution >= 0.6 is 0 Å². The van der Waals surface area contributed by atoms with E-state index in [1.807, 2.05) is 12.1 Å². The number of aromatic nitrogens is 1. The van der Waals surface area contributed by atoms with Crippen LogP contribution in [0.5, 0.6) is 0 Å². The first-order valence-electron chi connectivity index (χ1n) is 20.9. The van der Waals surface area contributed by atoms with Crippen LogP contribution in [-0.4, -0.2) is 6.01 Å². The van der Waals surface area contributed by atoms with Gasteiger partial charge in [0.25, 0.3) is 11.4 Å². The molecule has 1 aliphatic rings. The van der Waals surface area contributed by atoms with E-state index in [1.165, 1.54) is 78.0 Å². The molecule has 0 fully saturated rings. The van der Waals surface area contributed by atoms with Crippen molar-refractivity contribution in [2.75, 3.05) is 0 Å². The molecule has 8 aromatic rings. The molecule has 0 unspecified atom stereocenters. The number of benzene rings is 7. The summed E-state index contributed by atoms with van der Waals surface area (Å²) in [5.74, 6) is 1.71. The standard InChI is InChI=1S/C31H38N2.C24H16N.Au/c1-20(2)24-13-11-14-25(21(3)4)30(24)32-19-33(29-18-10-9-17-28(29)32)31-26(22(5)6)15-12-16-27(31)23(7)8;1-3-7-17(8-4-1)19-11-13-23-21(15-19)22-16-20(12-14-24(22)25-23)18-9-5-2-6-10-18;/h9-18,20-23H,1-8H3;1-16H;/q+2;-1;+1. The van der Waals surface area contributed by atoms with Crippen molar-refractivity contribution in [2.45, 2.75) is 79.1 Å². The minimum Gasteiger partial charge on any atom is -0.657 e. The van der Waals surface area contributed by atoms with Crippen molar-refractivity contribution in [3.8, 4) is 22.3 Å². The van der Waals surface area contributed by atoms with Crippen LogP contribution in [0.4, 0.5) is 22.7 Å². The molecule has 0 atom stereocenters. The van der Waals surface area contributed by atoms with Crippen LogP contribution in [0.15, 0.2) is 158 Å². The van der Waals surface area contributed by atoms with Gasteiger partial charge in [-0.2, -0.15) is 0 Å². The zero-order valence-corrected chi connectivity index (χ0v) is 37.6. The van der Waals surface area contributed by atoms with Crippen molar-refractivity contribution in [1.29, 1.82) is 0 Å². The van der Waals surface area contributed by atoms with E-state index >= 15 is 0 Å². The van der Waals surface area contributed by atoms with Crippen molar-refractivity contribution < 1.29 is 22.4 Å². The van der Waals surface area contributed by atoms with Crippen LogP contribution in [0, 0.1) is 0 Å². The van der Waals surface area contributed by atoms with Crippen molar-refractivity contribution in [3.05, 3.63) is 180 Å². The van der Waals surface area contributed by atoms with Crippen molar-refractivity contribution in [1.82, 2.24) is 14.1 Å². The zero-order valence-electron chi connectivity index (χ0n) is 35.5. The molecule has 0 spiro atoms. The molecule has 1 aromatic heterocycles. The minimum atomic E-state index is 0. The predicted octanol–water partition coefficient (Wildman–Crippen LogP) is 15.3. The average molecular weight is 954 g/mol. The molecule has 9 rings (SSSR count). The Balaban J connectivity index is 0.000000182. The first-order valence-corrected chi connectivity index (χ1v) is 20.9. The summed E-state index contributed by atoms with van der Waals surface area (Å²) in [6, 6.07) is 60.2. The Morgan fingerprint density at radius 1 is 0.373 bits per heavy atom. The van der Waals surface area contributed by atoms with Crippen LogP contribution in [-0.2, 0) is 22.4 Å². The van der Waals surface area contributed by atoms with Crippen molar-refractivity contribution >= 4 is 50.6 Å². The molecule has 0 saturated heterocycles. The van der Waals surface area contributed by atoms with Gasteiger partial charge in [-0.25, -0.2) is 0 Å². The molecule has 4 heteroatoms. The van der Waals surface area contributed by atoms with Crippen LogP contribution in [0.25, 0.3) is 44.1 Å². The van der Waals surface area contributed by atoms with E-state index in [1.54, 1.807) is 0 Å². The number of fused-ring (bicyclic) bond motifs is 4. The second-order valence-corrected chi connectivity index (χ2v) is 16.8. The summed E-state index contributed by atoms with van der Waals surface area (Å²) in [6.07, 6.45) is 0. The van der Waals surface area contributed by atoms with E-state index in [4.69, 9.17) is 4.98 Å². The molecule has 0 bridgehead atoms. The molecule has 0 radical (unpaired) electrons. The van der Waals surface area contributed by atoms with Gasteiger partial charge in [-0.1, -0.05) is 189 Å². The van der Waals surface area contributed by atoms with Gasteiger partial charge in [-0.15, -0.1) is 11.0 Å². The molecule has 59 heavy (non-hydrogen) atoms. The Bertz CT molecular complexity index is 2580. The number of rotatable bonds is 8. The molecule has 298 valence electrons. The van der Waals surface area contributed by atoms with Gasteiger partial charge in [-0.3, -0.25) is 0 Å². The third kappa shape index (κ3) is 8.22. The van der Waals surface area contributed by atoms with E-state index in [2.05, 4.69) is 216 Å². The first kappa shape index (κ1) is 41.6. The topological polar surface area (TPSA) is 20.1 Å². The maximum absolute atomic E-state index is 4.78. The van der Waals surface area contributed by atoms with Crippen LogP contribution in [0.1, 0.15) is 101 Å². The fraction of sp³-hybridized carbons (Fsp3) is 0.218. The number of para-hydroxylation sites is 4. The van der Waals surface area contributed by atoms with Gasteiger partial charge in [0.2, 0.25) is 11.4 Å². The summed E-state index contributed by atoms with van der Waals surface area (Å²) < 4.78 is 4.64. The van der Waals surface area contributed by atoms with E-state index in [0.717, 1.165) is 11.0 Å². The SMILES string of the molecule is CC(C)c1cccc(C(C)C)c1[N+]1=C=[N+](c2c(C(C)C)cccc2C(C)C)c2ccccc21.[Au+].c1ccc(-c2ccc3[n-]c4ccc(-c5ccccc5)cc4c3c2)cc1. The smallest absolute Gasteiger partial charge is 0.657 e. The molecule has 7 aromatic carbocycles. The summed E-state index contributed by atoms with van der Waals surface area (Å²) in [7, 11) is 0. The van der Waals surface area contributed by atoms with Crippen molar-refractivity contribution in [2.24, 2.45) is 0 Å². The largest absolute Gasteiger partial charge is 1.00 e. The van der Waals surface area contributed by atoms with E-state index in [-0.39, 0.29) is 22.4 Å². The maximum atomic E-state index is 4.78. The molecular weight excluding hydrogens is 900 g/mol. The van der Waals surface area contributed by atoms with E-state index in [9.17, 15) is 0 Å². The number of hydrogen-bond donors (Lipinski definition) is 0. The second kappa shape index (κ2) is 17.8. The quantitative estimate of drug-likeness (QED) is 0.110.